The Balaban J connectivity index is 1.77. The van der Waals surface area contributed by atoms with Crippen LogP contribution in [0, 0.1) is 5.92 Å². The Morgan fingerprint density at radius 1 is 1.44 bits per heavy atom. The Hall–Kier alpha value is -0.610. The van der Waals surface area contributed by atoms with E-state index < -0.39 is 0 Å². The van der Waals surface area contributed by atoms with Crippen molar-refractivity contribution in [3.63, 3.8) is 0 Å². The van der Waals surface area contributed by atoms with Crippen molar-refractivity contribution in [1.82, 2.24) is 10.2 Å². The Bertz CT molecular complexity index is 233. The van der Waals surface area contributed by atoms with Crippen molar-refractivity contribution in [1.29, 1.82) is 0 Å². The standard InChI is InChI=1S/C12H22N2O2/c1-14(9-11-8-13-6-7-16-11)12(15)10-4-2-3-5-10/h10-11,13H,2-9H2,1H3. The van der Waals surface area contributed by atoms with E-state index in [1.165, 1.54) is 12.8 Å². The van der Waals surface area contributed by atoms with Crippen LogP contribution in [0.3, 0.4) is 0 Å². The Morgan fingerprint density at radius 2 is 2.19 bits per heavy atom. The molecule has 1 heterocycles. The van der Waals surface area contributed by atoms with Crippen molar-refractivity contribution in [2.75, 3.05) is 33.3 Å². The molecule has 1 atom stereocenters. The third-order valence-corrected chi connectivity index (χ3v) is 3.56. The van der Waals surface area contributed by atoms with Crippen LogP contribution >= 0.6 is 0 Å². The average molecular weight is 226 g/mol. The van der Waals surface area contributed by atoms with E-state index in [1.54, 1.807) is 0 Å². The van der Waals surface area contributed by atoms with E-state index in [2.05, 4.69) is 5.32 Å². The Labute approximate surface area is 97.3 Å². The number of morpholine rings is 1. The molecule has 0 aromatic rings. The number of nitrogens with one attached hydrogen (secondary N) is 1. The summed E-state index contributed by atoms with van der Waals surface area (Å²) < 4.78 is 5.61. The van der Waals surface area contributed by atoms with E-state index in [0.717, 1.165) is 39.1 Å². The topological polar surface area (TPSA) is 41.6 Å². The van der Waals surface area contributed by atoms with E-state index in [1.807, 2.05) is 11.9 Å². The maximum absolute atomic E-state index is 12.1. The zero-order valence-electron chi connectivity index (χ0n) is 10.1. The van der Waals surface area contributed by atoms with Crippen molar-refractivity contribution < 1.29 is 9.53 Å². The zero-order chi connectivity index (χ0) is 11.4. The van der Waals surface area contributed by atoms with Crippen LogP contribution in [0.15, 0.2) is 0 Å². The summed E-state index contributed by atoms with van der Waals surface area (Å²) in [4.78, 5) is 13.9. The van der Waals surface area contributed by atoms with Crippen molar-refractivity contribution >= 4 is 5.91 Å². The summed E-state index contributed by atoms with van der Waals surface area (Å²) in [5.41, 5.74) is 0. The molecule has 2 rings (SSSR count). The first-order valence-electron chi connectivity index (χ1n) is 6.34. The molecule has 1 aliphatic carbocycles. The number of amides is 1. The van der Waals surface area contributed by atoms with Gasteiger partial charge in [0.1, 0.15) is 0 Å². The third-order valence-electron chi connectivity index (χ3n) is 3.56. The lowest BCUT2D eigenvalue weighted by Gasteiger charge is -2.29. The molecule has 0 radical (unpaired) electrons. The lowest BCUT2D eigenvalue weighted by molar-refractivity contribution is -0.136. The van der Waals surface area contributed by atoms with Crippen molar-refractivity contribution in [2.45, 2.75) is 31.8 Å². The first-order chi connectivity index (χ1) is 7.77. The fourth-order valence-electron chi connectivity index (χ4n) is 2.62. The summed E-state index contributed by atoms with van der Waals surface area (Å²) in [6.45, 7) is 3.28. The second-order valence-corrected chi connectivity index (χ2v) is 4.90. The number of nitrogens with zero attached hydrogens (tertiary/aromatic N) is 1. The molecule has 1 amide bonds. The maximum atomic E-state index is 12.1. The van der Waals surface area contributed by atoms with E-state index in [-0.39, 0.29) is 12.0 Å². The van der Waals surface area contributed by atoms with Gasteiger partial charge in [0.2, 0.25) is 5.91 Å². The molecule has 0 spiro atoms. The smallest absolute Gasteiger partial charge is 0.225 e. The quantitative estimate of drug-likeness (QED) is 0.767. The number of hydrogen-bond acceptors (Lipinski definition) is 3. The van der Waals surface area contributed by atoms with Gasteiger partial charge in [-0.1, -0.05) is 12.8 Å². The SMILES string of the molecule is CN(CC1CNCCO1)C(=O)C1CCCC1. The highest BCUT2D eigenvalue weighted by molar-refractivity contribution is 5.78. The minimum Gasteiger partial charge on any atom is -0.374 e. The van der Waals surface area contributed by atoms with Gasteiger partial charge in [-0.15, -0.1) is 0 Å². The van der Waals surface area contributed by atoms with Gasteiger partial charge in [-0.25, -0.2) is 0 Å². The number of carbonyl (C=O) groups excluding carboxylic acids is 1. The second-order valence-electron chi connectivity index (χ2n) is 4.90. The van der Waals surface area contributed by atoms with Crippen LogP contribution < -0.4 is 5.32 Å². The molecular formula is C12H22N2O2. The molecule has 1 saturated carbocycles. The van der Waals surface area contributed by atoms with Gasteiger partial charge in [-0.2, -0.15) is 0 Å². The number of likely N-dealkylation sites (N-methyl/N-ethyl adjacent to an activating group) is 1. The van der Waals surface area contributed by atoms with Gasteiger partial charge in [-0.3, -0.25) is 4.79 Å². The van der Waals surface area contributed by atoms with Gasteiger partial charge in [0, 0.05) is 32.6 Å². The van der Waals surface area contributed by atoms with E-state index in [9.17, 15) is 4.79 Å². The Kier molecular flexibility index (Phi) is 4.18. The van der Waals surface area contributed by atoms with Gasteiger partial charge in [0.05, 0.1) is 12.7 Å². The summed E-state index contributed by atoms with van der Waals surface area (Å²) in [6.07, 6.45) is 4.75. The summed E-state index contributed by atoms with van der Waals surface area (Å²) in [5, 5.41) is 3.29. The number of hydrogen-bond donors (Lipinski definition) is 1. The number of carbonyl (C=O) groups is 1. The molecule has 1 saturated heterocycles. The molecule has 92 valence electrons. The summed E-state index contributed by atoms with van der Waals surface area (Å²) in [5.74, 6) is 0.591. The first-order valence-corrected chi connectivity index (χ1v) is 6.34. The molecule has 2 fully saturated rings. The van der Waals surface area contributed by atoms with E-state index in [0.29, 0.717) is 5.91 Å². The van der Waals surface area contributed by atoms with Crippen LogP contribution in [-0.4, -0.2) is 50.2 Å². The number of ether oxygens (including phenoxy) is 1. The normalized spacial score (nSPS) is 26.9. The predicted octanol–water partition coefficient (Wildman–Crippen LogP) is 0.623. The van der Waals surface area contributed by atoms with Gasteiger partial charge < -0.3 is 15.0 Å². The fraction of sp³-hybridized carbons (Fsp3) is 0.917. The molecule has 0 aromatic heterocycles. The molecule has 1 aliphatic heterocycles. The predicted molar refractivity (Wildman–Crippen MR) is 62.2 cm³/mol. The van der Waals surface area contributed by atoms with E-state index >= 15 is 0 Å². The molecule has 16 heavy (non-hydrogen) atoms. The second kappa shape index (κ2) is 5.64. The average Bonchev–Trinajstić information content (AvgIpc) is 2.83. The van der Waals surface area contributed by atoms with Gasteiger partial charge in [-0.05, 0) is 12.8 Å². The van der Waals surface area contributed by atoms with Crippen LogP contribution in [0.4, 0.5) is 0 Å². The van der Waals surface area contributed by atoms with Crippen molar-refractivity contribution in [3.8, 4) is 0 Å². The Morgan fingerprint density at radius 3 is 2.81 bits per heavy atom. The maximum Gasteiger partial charge on any atom is 0.225 e. The van der Waals surface area contributed by atoms with Crippen LogP contribution in [0.5, 0.6) is 0 Å². The summed E-state index contributed by atoms with van der Waals surface area (Å²) in [6, 6.07) is 0. The van der Waals surface area contributed by atoms with E-state index in [4.69, 9.17) is 4.74 Å². The lowest BCUT2D eigenvalue weighted by atomic mass is 10.1. The van der Waals surface area contributed by atoms with Crippen molar-refractivity contribution in [3.05, 3.63) is 0 Å². The monoisotopic (exact) mass is 226 g/mol. The van der Waals surface area contributed by atoms with Crippen LogP contribution in [0.1, 0.15) is 25.7 Å². The zero-order valence-corrected chi connectivity index (χ0v) is 10.1. The number of rotatable bonds is 3. The minimum atomic E-state index is 0.170. The van der Waals surface area contributed by atoms with Crippen LogP contribution in [0.25, 0.3) is 0 Å². The van der Waals surface area contributed by atoms with Crippen molar-refractivity contribution in [2.24, 2.45) is 5.92 Å². The molecular weight excluding hydrogens is 204 g/mol. The molecule has 4 heteroatoms. The van der Waals surface area contributed by atoms with Crippen LogP contribution in [-0.2, 0) is 9.53 Å². The fourth-order valence-corrected chi connectivity index (χ4v) is 2.62. The molecule has 1 unspecified atom stereocenters. The molecule has 2 aliphatic rings. The minimum absolute atomic E-state index is 0.170. The molecule has 1 N–H and O–H groups in total. The van der Waals surface area contributed by atoms with Gasteiger partial charge >= 0.3 is 0 Å². The lowest BCUT2D eigenvalue weighted by Crippen LogP contribution is -2.46. The highest BCUT2D eigenvalue weighted by Gasteiger charge is 2.27. The molecule has 0 bridgehead atoms. The summed E-state index contributed by atoms with van der Waals surface area (Å²) in [7, 11) is 1.90. The summed E-state index contributed by atoms with van der Waals surface area (Å²) >= 11 is 0. The van der Waals surface area contributed by atoms with Crippen LogP contribution in [0.2, 0.25) is 0 Å². The van der Waals surface area contributed by atoms with Gasteiger partial charge in [0.15, 0.2) is 0 Å². The molecule has 0 aromatic carbocycles. The highest BCUT2D eigenvalue weighted by Crippen LogP contribution is 2.26. The largest absolute Gasteiger partial charge is 0.374 e. The highest BCUT2D eigenvalue weighted by atomic mass is 16.5. The van der Waals surface area contributed by atoms with Gasteiger partial charge in [0.25, 0.3) is 0 Å². The molecule has 4 nitrogen and oxygen atoms in total. The first kappa shape index (κ1) is 11.9. The third kappa shape index (κ3) is 2.95.